The van der Waals surface area contributed by atoms with Crippen LogP contribution in [0, 0.1) is 10.1 Å². The topological polar surface area (TPSA) is 77.3 Å². The van der Waals surface area contributed by atoms with Crippen LogP contribution in [0.3, 0.4) is 0 Å². The summed E-state index contributed by atoms with van der Waals surface area (Å²) in [6, 6.07) is 9.25. The number of nitrogens with zero attached hydrogens (tertiary/aromatic N) is 2. The number of nitro groups is 1. The minimum Gasteiger partial charge on any atom is -0.377 e. The molecule has 1 aromatic heterocycles. The van der Waals surface area contributed by atoms with Crippen LogP contribution in [0.5, 0.6) is 0 Å². The van der Waals surface area contributed by atoms with E-state index >= 15 is 0 Å². The van der Waals surface area contributed by atoms with Gasteiger partial charge in [0.15, 0.2) is 0 Å². The number of hydrogen-bond donors (Lipinski definition) is 1. The summed E-state index contributed by atoms with van der Waals surface area (Å²) in [5, 5.41) is 14.1. The Bertz CT molecular complexity index is 664. The molecule has 0 atom stereocenters. The monoisotopic (exact) mass is 365 g/mol. The lowest BCUT2D eigenvalue weighted by molar-refractivity contribution is -0.384. The third kappa shape index (κ3) is 4.25. The molecule has 0 saturated heterocycles. The number of nitrogens with one attached hydrogen (secondary N) is 1. The number of ether oxygens (including phenoxy) is 1. The van der Waals surface area contributed by atoms with Gasteiger partial charge in [0.05, 0.1) is 11.5 Å². The highest BCUT2D eigenvalue weighted by molar-refractivity contribution is 9.10. The largest absolute Gasteiger partial charge is 0.377 e. The SMILES string of the molecule is CCOCc1ccccc1CNc1ncc(Br)cc1[N+](=O)[O-]. The van der Waals surface area contributed by atoms with Crippen molar-refractivity contribution in [2.45, 2.75) is 20.1 Å². The Balaban J connectivity index is 2.15. The van der Waals surface area contributed by atoms with E-state index in [1.807, 2.05) is 31.2 Å². The lowest BCUT2D eigenvalue weighted by Crippen LogP contribution is -2.07. The second kappa shape index (κ2) is 7.86. The van der Waals surface area contributed by atoms with Gasteiger partial charge < -0.3 is 10.1 Å². The van der Waals surface area contributed by atoms with Crippen LogP contribution in [-0.4, -0.2) is 16.5 Å². The zero-order valence-electron chi connectivity index (χ0n) is 12.1. The van der Waals surface area contributed by atoms with E-state index in [9.17, 15) is 10.1 Å². The van der Waals surface area contributed by atoms with Crippen molar-refractivity contribution in [1.82, 2.24) is 4.98 Å². The van der Waals surface area contributed by atoms with Crippen molar-refractivity contribution < 1.29 is 9.66 Å². The van der Waals surface area contributed by atoms with Crippen molar-refractivity contribution in [2.75, 3.05) is 11.9 Å². The maximum atomic E-state index is 11.1. The molecule has 6 nitrogen and oxygen atoms in total. The Morgan fingerprint density at radius 1 is 1.36 bits per heavy atom. The van der Waals surface area contributed by atoms with Gasteiger partial charge in [-0.05, 0) is 34.0 Å². The van der Waals surface area contributed by atoms with Crippen LogP contribution in [-0.2, 0) is 17.9 Å². The van der Waals surface area contributed by atoms with Gasteiger partial charge in [-0.1, -0.05) is 24.3 Å². The highest BCUT2D eigenvalue weighted by Gasteiger charge is 2.16. The van der Waals surface area contributed by atoms with E-state index in [1.165, 1.54) is 12.3 Å². The van der Waals surface area contributed by atoms with E-state index in [2.05, 4.69) is 26.2 Å². The zero-order chi connectivity index (χ0) is 15.9. The van der Waals surface area contributed by atoms with Crippen molar-refractivity contribution in [3.8, 4) is 0 Å². The Morgan fingerprint density at radius 2 is 2.09 bits per heavy atom. The summed E-state index contributed by atoms with van der Waals surface area (Å²) in [5.74, 6) is 0.249. The number of halogens is 1. The van der Waals surface area contributed by atoms with Gasteiger partial charge in [-0.25, -0.2) is 4.98 Å². The Hall–Kier alpha value is -1.99. The quantitative estimate of drug-likeness (QED) is 0.594. The molecule has 0 aliphatic heterocycles. The highest BCUT2D eigenvalue weighted by atomic mass is 79.9. The summed E-state index contributed by atoms with van der Waals surface area (Å²) in [4.78, 5) is 14.7. The van der Waals surface area contributed by atoms with E-state index in [4.69, 9.17) is 4.74 Å². The molecule has 0 aliphatic carbocycles. The number of hydrogen-bond acceptors (Lipinski definition) is 5. The zero-order valence-corrected chi connectivity index (χ0v) is 13.7. The molecule has 1 heterocycles. The van der Waals surface area contributed by atoms with Crippen LogP contribution in [0.15, 0.2) is 41.0 Å². The Labute approximate surface area is 136 Å². The van der Waals surface area contributed by atoms with E-state index in [1.54, 1.807) is 0 Å². The fraction of sp³-hybridized carbons (Fsp3) is 0.267. The van der Waals surface area contributed by atoms with Crippen LogP contribution in [0.4, 0.5) is 11.5 Å². The predicted octanol–water partition coefficient (Wildman–Crippen LogP) is 3.90. The molecule has 2 rings (SSSR count). The number of aromatic nitrogens is 1. The first-order chi connectivity index (χ1) is 10.6. The van der Waals surface area contributed by atoms with Crippen LogP contribution in [0.2, 0.25) is 0 Å². The molecule has 22 heavy (non-hydrogen) atoms. The van der Waals surface area contributed by atoms with Crippen LogP contribution >= 0.6 is 15.9 Å². The molecular weight excluding hydrogens is 350 g/mol. The standard InChI is InChI=1S/C15H16BrN3O3/c1-2-22-10-12-6-4-3-5-11(12)8-17-15-14(19(20)21)7-13(16)9-18-15/h3-7,9H,2,8,10H2,1H3,(H,17,18). The Kier molecular flexibility index (Phi) is 5.85. The first kappa shape index (κ1) is 16.4. The molecule has 116 valence electrons. The molecule has 0 amide bonds. The third-order valence-corrected chi connectivity index (χ3v) is 3.49. The summed E-state index contributed by atoms with van der Waals surface area (Å²) in [5.41, 5.74) is 2.02. The molecular formula is C15H16BrN3O3. The van der Waals surface area contributed by atoms with Crippen LogP contribution < -0.4 is 5.32 Å². The fourth-order valence-corrected chi connectivity index (χ4v) is 2.28. The molecule has 2 aromatic rings. The summed E-state index contributed by atoms with van der Waals surface area (Å²) >= 11 is 3.19. The minimum atomic E-state index is -0.452. The van der Waals surface area contributed by atoms with Crippen molar-refractivity contribution in [3.63, 3.8) is 0 Å². The molecule has 1 N–H and O–H groups in total. The second-order valence-electron chi connectivity index (χ2n) is 4.54. The van der Waals surface area contributed by atoms with Gasteiger partial charge in [-0.3, -0.25) is 10.1 Å². The molecule has 0 saturated carbocycles. The average Bonchev–Trinajstić information content (AvgIpc) is 2.52. The fourth-order valence-electron chi connectivity index (χ4n) is 1.97. The Morgan fingerprint density at radius 3 is 2.77 bits per heavy atom. The lowest BCUT2D eigenvalue weighted by atomic mass is 10.1. The third-order valence-electron chi connectivity index (χ3n) is 3.06. The van der Waals surface area contributed by atoms with E-state index in [0.717, 1.165) is 11.1 Å². The van der Waals surface area contributed by atoms with Gasteiger partial charge in [-0.15, -0.1) is 0 Å². The van der Waals surface area contributed by atoms with Crippen molar-refractivity contribution in [3.05, 3.63) is 62.2 Å². The number of pyridine rings is 1. The van der Waals surface area contributed by atoms with Gasteiger partial charge in [-0.2, -0.15) is 0 Å². The molecule has 1 aromatic carbocycles. The van der Waals surface area contributed by atoms with Crippen molar-refractivity contribution in [2.24, 2.45) is 0 Å². The molecule has 7 heteroatoms. The molecule has 0 fully saturated rings. The lowest BCUT2D eigenvalue weighted by Gasteiger charge is -2.11. The second-order valence-corrected chi connectivity index (χ2v) is 5.45. The smallest absolute Gasteiger partial charge is 0.312 e. The first-order valence-electron chi connectivity index (χ1n) is 6.80. The van der Waals surface area contributed by atoms with Gasteiger partial charge in [0.25, 0.3) is 0 Å². The van der Waals surface area contributed by atoms with E-state index < -0.39 is 4.92 Å². The first-order valence-corrected chi connectivity index (χ1v) is 7.59. The maximum Gasteiger partial charge on any atom is 0.312 e. The molecule has 0 bridgehead atoms. The number of anilines is 1. The van der Waals surface area contributed by atoms with Gasteiger partial charge in [0.1, 0.15) is 0 Å². The summed E-state index contributed by atoms with van der Waals surface area (Å²) in [6.07, 6.45) is 1.53. The number of benzene rings is 1. The molecule has 0 radical (unpaired) electrons. The van der Waals surface area contributed by atoms with Gasteiger partial charge >= 0.3 is 5.69 Å². The summed E-state index contributed by atoms with van der Waals surface area (Å²) in [7, 11) is 0. The van der Waals surface area contributed by atoms with Crippen LogP contribution in [0.25, 0.3) is 0 Å². The van der Waals surface area contributed by atoms with Gasteiger partial charge in [0, 0.05) is 29.9 Å². The van der Waals surface area contributed by atoms with Crippen molar-refractivity contribution >= 4 is 27.4 Å². The van der Waals surface area contributed by atoms with E-state index in [-0.39, 0.29) is 11.5 Å². The minimum absolute atomic E-state index is 0.0586. The average molecular weight is 366 g/mol. The normalized spacial score (nSPS) is 10.5. The van der Waals surface area contributed by atoms with Crippen molar-refractivity contribution in [1.29, 1.82) is 0 Å². The summed E-state index contributed by atoms with van der Waals surface area (Å²) < 4.78 is 6.00. The van der Waals surface area contributed by atoms with Crippen LogP contribution in [0.1, 0.15) is 18.1 Å². The van der Waals surface area contributed by atoms with E-state index in [0.29, 0.717) is 24.2 Å². The summed E-state index contributed by atoms with van der Waals surface area (Å²) in [6.45, 7) is 3.54. The van der Waals surface area contributed by atoms with Gasteiger partial charge in [0.2, 0.25) is 5.82 Å². The number of rotatable bonds is 7. The maximum absolute atomic E-state index is 11.1. The highest BCUT2D eigenvalue weighted by Crippen LogP contribution is 2.26. The predicted molar refractivity (Wildman–Crippen MR) is 87.7 cm³/mol. The molecule has 0 unspecified atom stereocenters. The molecule has 0 aliphatic rings. The molecule has 0 spiro atoms.